The third-order valence-corrected chi connectivity index (χ3v) is 8.93. The van der Waals surface area contributed by atoms with Crippen LogP contribution < -0.4 is 15.2 Å². The third-order valence-electron chi connectivity index (χ3n) is 7.11. The molecular formula is C26H30N6O5S. The number of hydrogen-bond acceptors (Lipinski definition) is 9. The summed E-state index contributed by atoms with van der Waals surface area (Å²) in [7, 11) is -3.57. The van der Waals surface area contributed by atoms with Crippen LogP contribution >= 0.6 is 0 Å². The predicted molar refractivity (Wildman–Crippen MR) is 140 cm³/mol. The first-order chi connectivity index (χ1) is 18.2. The van der Waals surface area contributed by atoms with Gasteiger partial charge in [-0.15, -0.1) is 0 Å². The van der Waals surface area contributed by atoms with E-state index in [0.29, 0.717) is 49.7 Å². The first-order valence-electron chi connectivity index (χ1n) is 12.5. The maximum atomic E-state index is 13.2. The van der Waals surface area contributed by atoms with Gasteiger partial charge in [0, 0.05) is 24.3 Å². The molecule has 2 aromatic heterocycles. The average molecular weight is 539 g/mol. The van der Waals surface area contributed by atoms with E-state index in [-0.39, 0.29) is 12.6 Å². The van der Waals surface area contributed by atoms with Crippen LogP contribution in [0.15, 0.2) is 42.9 Å². The van der Waals surface area contributed by atoms with Gasteiger partial charge in [-0.05, 0) is 56.4 Å². The number of benzene rings is 1. The van der Waals surface area contributed by atoms with Crippen LogP contribution in [0.4, 0.5) is 5.95 Å². The number of primary amides is 1. The summed E-state index contributed by atoms with van der Waals surface area (Å²) in [6, 6.07) is 7.45. The largest absolute Gasteiger partial charge is 0.477 e. The number of aromatic nitrogens is 4. The fourth-order valence-corrected chi connectivity index (χ4v) is 6.29. The summed E-state index contributed by atoms with van der Waals surface area (Å²) in [5, 5.41) is -0.434. The van der Waals surface area contributed by atoms with Gasteiger partial charge in [-0.3, -0.25) is 14.5 Å². The zero-order valence-electron chi connectivity index (χ0n) is 21.3. The zero-order valence-corrected chi connectivity index (χ0v) is 22.1. The highest BCUT2D eigenvalue weighted by Crippen LogP contribution is 2.45. The zero-order chi connectivity index (χ0) is 26.9. The maximum Gasteiger partial charge on any atom is 0.237 e. The van der Waals surface area contributed by atoms with E-state index in [2.05, 4.69) is 24.7 Å². The molecule has 200 valence electrons. The lowest BCUT2D eigenvalue weighted by Crippen LogP contribution is -2.51. The topological polar surface area (TPSA) is 159 Å². The summed E-state index contributed by atoms with van der Waals surface area (Å²) in [6.07, 6.45) is 6.19. The molecule has 3 N–H and O–H groups in total. The van der Waals surface area contributed by atoms with Gasteiger partial charge in [0.15, 0.2) is 0 Å². The first-order valence-corrected chi connectivity index (χ1v) is 14.1. The van der Waals surface area contributed by atoms with Crippen molar-refractivity contribution in [3.8, 4) is 17.1 Å². The molecule has 1 aliphatic heterocycles. The van der Waals surface area contributed by atoms with Gasteiger partial charge in [-0.2, -0.15) is 0 Å². The van der Waals surface area contributed by atoms with Gasteiger partial charge >= 0.3 is 0 Å². The van der Waals surface area contributed by atoms with E-state index in [9.17, 15) is 13.2 Å². The molecule has 1 aliphatic carbocycles. The molecule has 5 rings (SSSR count). The highest BCUT2D eigenvalue weighted by atomic mass is 32.2. The fraction of sp³-hybridized carbons (Fsp3) is 0.423. The molecule has 0 spiro atoms. The summed E-state index contributed by atoms with van der Waals surface area (Å²) in [5.74, 6) is -0.636. The second-order valence-corrected chi connectivity index (χ2v) is 11.5. The van der Waals surface area contributed by atoms with Crippen molar-refractivity contribution in [1.82, 2.24) is 19.9 Å². The van der Waals surface area contributed by atoms with Crippen molar-refractivity contribution in [2.24, 2.45) is 5.73 Å². The van der Waals surface area contributed by atoms with Crippen molar-refractivity contribution in [3.63, 3.8) is 0 Å². The van der Waals surface area contributed by atoms with Crippen molar-refractivity contribution in [2.45, 2.75) is 49.7 Å². The number of sulfonamides is 1. The van der Waals surface area contributed by atoms with E-state index < -0.39 is 32.5 Å². The Hall–Kier alpha value is -3.64. The fourth-order valence-electron chi connectivity index (χ4n) is 5.01. The van der Waals surface area contributed by atoms with Crippen molar-refractivity contribution < 1.29 is 22.7 Å². The molecule has 1 aromatic carbocycles. The molecule has 1 amide bonds. The van der Waals surface area contributed by atoms with Crippen LogP contribution in [0.2, 0.25) is 0 Å². The number of amides is 1. The first kappa shape index (κ1) is 26.0. The van der Waals surface area contributed by atoms with E-state index in [1.54, 1.807) is 18.5 Å². The molecule has 3 heterocycles. The number of nitrogens with two attached hydrogens (primary N) is 1. The smallest absolute Gasteiger partial charge is 0.237 e. The number of carbonyl (C=O) groups excluding carboxylic acids is 1. The van der Waals surface area contributed by atoms with Crippen LogP contribution in [0.3, 0.4) is 0 Å². The van der Waals surface area contributed by atoms with Gasteiger partial charge in [-0.1, -0.05) is 12.1 Å². The van der Waals surface area contributed by atoms with E-state index in [4.69, 9.17) is 15.2 Å². The van der Waals surface area contributed by atoms with Crippen LogP contribution in [0, 0.1) is 6.92 Å². The maximum absolute atomic E-state index is 13.2. The second-order valence-electron chi connectivity index (χ2n) is 9.57. The Balaban J connectivity index is 1.52. The van der Waals surface area contributed by atoms with Gasteiger partial charge in [0.05, 0.1) is 42.2 Å². The SMILES string of the molecule is CCOc1cncc(-c2ccc(C3COCCC3(C(N)=O)c3ccnc(NS(=O)(=O)C4CC4)n3)c(C)c2)n1. The summed E-state index contributed by atoms with van der Waals surface area (Å²) in [4.78, 5) is 30.5. The van der Waals surface area contributed by atoms with Gasteiger partial charge < -0.3 is 15.2 Å². The summed E-state index contributed by atoms with van der Waals surface area (Å²) >= 11 is 0. The molecule has 2 unspecified atom stereocenters. The Morgan fingerprint density at radius 2 is 2.05 bits per heavy atom. The lowest BCUT2D eigenvalue weighted by atomic mass is 9.65. The number of nitrogens with one attached hydrogen (secondary N) is 1. The molecule has 2 aliphatic rings. The molecule has 38 heavy (non-hydrogen) atoms. The third kappa shape index (κ3) is 4.93. The predicted octanol–water partition coefficient (Wildman–Crippen LogP) is 2.47. The Morgan fingerprint density at radius 3 is 2.76 bits per heavy atom. The van der Waals surface area contributed by atoms with Crippen molar-refractivity contribution >= 4 is 21.9 Å². The molecule has 12 heteroatoms. The lowest BCUT2D eigenvalue weighted by molar-refractivity contribution is -0.128. The molecule has 0 bridgehead atoms. The van der Waals surface area contributed by atoms with E-state index in [1.807, 2.05) is 32.0 Å². The lowest BCUT2D eigenvalue weighted by Gasteiger charge is -2.42. The van der Waals surface area contributed by atoms with E-state index >= 15 is 0 Å². The van der Waals surface area contributed by atoms with Crippen LogP contribution in [-0.4, -0.2) is 59.3 Å². The summed E-state index contributed by atoms with van der Waals surface area (Å²) < 4.78 is 38.7. The Labute approximate surface area is 221 Å². The number of hydrogen-bond donors (Lipinski definition) is 2. The average Bonchev–Trinajstić information content (AvgIpc) is 3.75. The highest BCUT2D eigenvalue weighted by Gasteiger charge is 2.50. The Kier molecular flexibility index (Phi) is 7.01. The number of aryl methyl sites for hydroxylation is 1. The molecule has 11 nitrogen and oxygen atoms in total. The van der Waals surface area contributed by atoms with Crippen molar-refractivity contribution in [1.29, 1.82) is 0 Å². The van der Waals surface area contributed by atoms with E-state index in [0.717, 1.165) is 16.7 Å². The van der Waals surface area contributed by atoms with Gasteiger partial charge in [0.2, 0.25) is 27.8 Å². The van der Waals surface area contributed by atoms with Gasteiger partial charge in [0.1, 0.15) is 5.41 Å². The molecule has 1 saturated heterocycles. The minimum absolute atomic E-state index is 0.0694. The van der Waals surface area contributed by atoms with E-state index in [1.165, 1.54) is 6.20 Å². The molecule has 1 saturated carbocycles. The number of carbonyl (C=O) groups is 1. The molecular weight excluding hydrogens is 508 g/mol. The summed E-state index contributed by atoms with van der Waals surface area (Å²) in [6.45, 7) is 4.88. The van der Waals surface area contributed by atoms with Crippen LogP contribution in [-0.2, 0) is 25.0 Å². The van der Waals surface area contributed by atoms with Crippen LogP contribution in [0.1, 0.15) is 48.9 Å². The summed E-state index contributed by atoms with van der Waals surface area (Å²) in [5.41, 5.74) is 8.53. The quantitative estimate of drug-likeness (QED) is 0.417. The number of rotatable bonds is 9. The van der Waals surface area contributed by atoms with Crippen LogP contribution in [0.5, 0.6) is 5.88 Å². The van der Waals surface area contributed by atoms with Crippen molar-refractivity contribution in [2.75, 3.05) is 24.5 Å². The standard InChI is InChI=1S/C26H30N6O5S/c1-3-37-23-14-28-13-21(30-23)17-4-7-19(16(2)12-17)20-15-36-11-9-26(20,24(27)33)22-8-10-29-25(31-22)32-38(34,35)18-5-6-18/h4,7-8,10,12-14,18,20H,3,5-6,9,11,15H2,1-2H3,(H2,27,33)(H,29,31,32). The minimum Gasteiger partial charge on any atom is -0.477 e. The number of anilines is 1. The normalized spacial score (nSPS) is 21.6. The minimum atomic E-state index is -3.57. The number of nitrogens with zero attached hydrogens (tertiary/aromatic N) is 4. The van der Waals surface area contributed by atoms with Crippen LogP contribution in [0.25, 0.3) is 11.3 Å². The highest BCUT2D eigenvalue weighted by molar-refractivity contribution is 7.93. The molecule has 2 atom stereocenters. The van der Waals surface area contributed by atoms with Gasteiger partial charge in [-0.25, -0.2) is 23.4 Å². The molecule has 2 fully saturated rings. The van der Waals surface area contributed by atoms with Crippen molar-refractivity contribution in [3.05, 3.63) is 59.7 Å². The second kappa shape index (κ2) is 10.3. The Morgan fingerprint density at radius 1 is 1.24 bits per heavy atom. The monoisotopic (exact) mass is 538 g/mol. The van der Waals surface area contributed by atoms with Gasteiger partial charge in [0.25, 0.3) is 0 Å². The molecule has 3 aromatic rings. The number of ether oxygens (including phenoxy) is 2. The molecule has 0 radical (unpaired) electrons. The Bertz CT molecular complexity index is 1460.